The normalized spacial score (nSPS) is 17.0. The summed E-state index contributed by atoms with van der Waals surface area (Å²) in [4.78, 5) is 4.78. The molecule has 2 aliphatic rings. The van der Waals surface area contributed by atoms with Crippen molar-refractivity contribution >= 4 is 11.3 Å². The van der Waals surface area contributed by atoms with Crippen molar-refractivity contribution in [2.45, 2.75) is 12.5 Å². The van der Waals surface area contributed by atoms with Crippen molar-refractivity contribution in [3.8, 4) is 28.7 Å². The van der Waals surface area contributed by atoms with Gasteiger partial charge in [0, 0.05) is 38.9 Å². The van der Waals surface area contributed by atoms with E-state index < -0.39 is 0 Å². The third kappa shape index (κ3) is 5.87. The molecule has 9 nitrogen and oxygen atoms in total. The maximum absolute atomic E-state index is 11.3. The van der Waals surface area contributed by atoms with Crippen LogP contribution in [0.5, 0.6) is 28.7 Å². The summed E-state index contributed by atoms with van der Waals surface area (Å²) in [5.41, 5.74) is 5.18. The van der Waals surface area contributed by atoms with E-state index in [1.807, 2.05) is 54.7 Å². The number of benzene rings is 3. The van der Waals surface area contributed by atoms with Crippen molar-refractivity contribution in [2.24, 2.45) is 0 Å². The zero-order valence-corrected chi connectivity index (χ0v) is 24.4. The summed E-state index contributed by atoms with van der Waals surface area (Å²) in [6.45, 7) is 4.24. The Balaban J connectivity index is 1.39. The predicted octanol–water partition coefficient (Wildman–Crippen LogP) is 4.88. The summed E-state index contributed by atoms with van der Waals surface area (Å²) in [5.74, 6) is 3.50. The number of rotatable bonds is 10. The Kier molecular flexibility index (Phi) is 8.75. The van der Waals surface area contributed by atoms with Gasteiger partial charge in [-0.15, -0.1) is 0 Å². The largest absolute Gasteiger partial charge is 0.495 e. The molecule has 1 N–H and O–H groups in total. The number of para-hydroxylation sites is 2. The summed E-state index contributed by atoms with van der Waals surface area (Å²) in [7, 11) is 8.23. The summed E-state index contributed by atoms with van der Waals surface area (Å²) in [6, 6.07) is 17.7. The Bertz CT molecular complexity index is 1390. The summed E-state index contributed by atoms with van der Waals surface area (Å²) < 4.78 is 27.8. The highest BCUT2D eigenvalue weighted by molar-refractivity contribution is 5.74. The highest BCUT2D eigenvalue weighted by atomic mass is 16.5. The van der Waals surface area contributed by atoms with E-state index in [1.165, 1.54) is 5.06 Å². The van der Waals surface area contributed by atoms with Crippen molar-refractivity contribution in [2.75, 3.05) is 73.2 Å². The lowest BCUT2D eigenvalue weighted by Crippen LogP contribution is -2.47. The molecule has 41 heavy (non-hydrogen) atoms. The van der Waals surface area contributed by atoms with Crippen LogP contribution in [-0.4, -0.2) is 83.4 Å². The molecule has 2 aliphatic heterocycles. The molecule has 0 saturated carbocycles. The minimum atomic E-state index is -0.325. The van der Waals surface area contributed by atoms with Gasteiger partial charge in [-0.25, -0.2) is 0 Å². The Hall–Kier alpha value is -4.08. The van der Waals surface area contributed by atoms with Gasteiger partial charge in [0.25, 0.3) is 0 Å². The number of hydrogen-bond donors (Lipinski definition) is 1. The van der Waals surface area contributed by atoms with Crippen molar-refractivity contribution in [3.05, 3.63) is 77.5 Å². The second-order valence-corrected chi connectivity index (χ2v) is 10.2. The van der Waals surface area contributed by atoms with Crippen LogP contribution in [-0.2, 0) is 6.42 Å². The Morgan fingerprint density at radius 3 is 2.02 bits per heavy atom. The van der Waals surface area contributed by atoms with Gasteiger partial charge in [0.15, 0.2) is 23.0 Å². The van der Waals surface area contributed by atoms with Gasteiger partial charge in [-0.3, -0.25) is 15.2 Å². The SMILES string of the molecule is COc1ccc(CC2c3cc(OC)c(OC)cc3C(CN3CCN(c4ccccc4OC)CC3)=CN2O)cc1OC. The maximum atomic E-state index is 11.3. The van der Waals surface area contributed by atoms with Crippen molar-refractivity contribution in [1.29, 1.82) is 0 Å². The number of piperazine rings is 1. The molecule has 9 heteroatoms. The second-order valence-electron chi connectivity index (χ2n) is 10.2. The van der Waals surface area contributed by atoms with E-state index in [-0.39, 0.29) is 6.04 Å². The first-order valence-electron chi connectivity index (χ1n) is 13.7. The van der Waals surface area contributed by atoms with E-state index in [9.17, 15) is 5.21 Å². The molecule has 1 fully saturated rings. The van der Waals surface area contributed by atoms with Gasteiger partial charge in [-0.1, -0.05) is 18.2 Å². The average Bonchev–Trinajstić information content (AvgIpc) is 3.02. The number of anilines is 1. The first kappa shape index (κ1) is 28.4. The van der Waals surface area contributed by atoms with E-state index in [0.29, 0.717) is 36.0 Å². The lowest BCUT2D eigenvalue weighted by molar-refractivity contribution is -0.0821. The van der Waals surface area contributed by atoms with Crippen LogP contribution in [0.25, 0.3) is 5.57 Å². The van der Waals surface area contributed by atoms with Gasteiger partial charge in [0.2, 0.25) is 0 Å². The third-order valence-electron chi connectivity index (χ3n) is 7.94. The van der Waals surface area contributed by atoms with Gasteiger partial charge in [0.05, 0.1) is 47.3 Å². The fourth-order valence-electron chi connectivity index (χ4n) is 5.75. The lowest BCUT2D eigenvalue weighted by Gasteiger charge is -2.39. The average molecular weight is 562 g/mol. The van der Waals surface area contributed by atoms with Crippen LogP contribution in [0, 0.1) is 0 Å². The number of hydrogen-bond acceptors (Lipinski definition) is 9. The van der Waals surface area contributed by atoms with E-state index in [4.69, 9.17) is 23.7 Å². The van der Waals surface area contributed by atoms with Crippen LogP contribution in [0.15, 0.2) is 60.8 Å². The zero-order chi connectivity index (χ0) is 28.9. The summed E-state index contributed by atoms with van der Waals surface area (Å²) in [6.07, 6.45) is 2.41. The fraction of sp³-hybridized carbons (Fsp3) is 0.375. The number of hydroxylamine groups is 2. The molecule has 2 heterocycles. The molecule has 3 aromatic rings. The van der Waals surface area contributed by atoms with Gasteiger partial charge < -0.3 is 28.6 Å². The van der Waals surface area contributed by atoms with Gasteiger partial charge in [-0.2, -0.15) is 0 Å². The molecule has 0 aromatic heterocycles. The van der Waals surface area contributed by atoms with E-state index in [1.54, 1.807) is 35.5 Å². The number of methoxy groups -OCH3 is 5. The number of ether oxygens (including phenoxy) is 5. The van der Waals surface area contributed by atoms with Crippen LogP contribution in [0.3, 0.4) is 0 Å². The first-order chi connectivity index (χ1) is 20.0. The quantitative estimate of drug-likeness (QED) is 0.373. The van der Waals surface area contributed by atoms with Crippen LogP contribution < -0.4 is 28.6 Å². The molecule has 1 atom stereocenters. The van der Waals surface area contributed by atoms with Gasteiger partial charge in [-0.05, 0) is 65.1 Å². The van der Waals surface area contributed by atoms with E-state index >= 15 is 0 Å². The fourth-order valence-corrected chi connectivity index (χ4v) is 5.75. The molecule has 0 aliphatic carbocycles. The summed E-state index contributed by atoms with van der Waals surface area (Å²) >= 11 is 0. The molecule has 0 amide bonds. The van der Waals surface area contributed by atoms with Gasteiger partial charge >= 0.3 is 0 Å². The molecule has 1 saturated heterocycles. The van der Waals surface area contributed by atoms with Crippen LogP contribution in [0.1, 0.15) is 22.7 Å². The Morgan fingerprint density at radius 2 is 1.34 bits per heavy atom. The molecule has 5 rings (SSSR count). The Labute approximate surface area is 242 Å². The van der Waals surface area contributed by atoms with Crippen LogP contribution in [0.4, 0.5) is 5.69 Å². The highest BCUT2D eigenvalue weighted by Gasteiger charge is 2.31. The molecule has 3 aromatic carbocycles. The number of nitrogens with zero attached hydrogens (tertiary/aromatic N) is 3. The lowest BCUT2D eigenvalue weighted by atomic mass is 9.87. The first-order valence-corrected chi connectivity index (χ1v) is 13.7. The standard InChI is InChI=1S/C32H39N3O6/c1-37-28-9-7-6-8-26(28)34-14-12-33(13-15-34)20-23-21-35(36)27(16-22-10-11-29(38-2)30(17-22)39-3)25-19-32(41-5)31(40-4)18-24(23)25/h6-11,17-19,21,27,36H,12-16,20H2,1-5H3. The topological polar surface area (TPSA) is 76.1 Å². The Morgan fingerprint density at radius 1 is 0.707 bits per heavy atom. The molecule has 0 radical (unpaired) electrons. The molecular weight excluding hydrogens is 522 g/mol. The minimum absolute atomic E-state index is 0.325. The zero-order valence-electron chi connectivity index (χ0n) is 24.4. The minimum Gasteiger partial charge on any atom is -0.495 e. The molecule has 0 spiro atoms. The molecule has 1 unspecified atom stereocenters. The third-order valence-corrected chi connectivity index (χ3v) is 7.94. The molecule has 0 bridgehead atoms. The molecule has 218 valence electrons. The predicted molar refractivity (Wildman–Crippen MR) is 159 cm³/mol. The van der Waals surface area contributed by atoms with Crippen LogP contribution >= 0.6 is 0 Å². The van der Waals surface area contributed by atoms with Crippen molar-refractivity contribution in [3.63, 3.8) is 0 Å². The van der Waals surface area contributed by atoms with Gasteiger partial charge in [0.1, 0.15) is 5.75 Å². The highest BCUT2D eigenvalue weighted by Crippen LogP contribution is 2.43. The maximum Gasteiger partial charge on any atom is 0.161 e. The van der Waals surface area contributed by atoms with Crippen molar-refractivity contribution in [1.82, 2.24) is 9.96 Å². The number of fused-ring (bicyclic) bond motifs is 1. The monoisotopic (exact) mass is 561 g/mol. The van der Waals surface area contributed by atoms with E-state index in [2.05, 4.69) is 15.9 Å². The van der Waals surface area contributed by atoms with Crippen molar-refractivity contribution < 1.29 is 28.9 Å². The summed E-state index contributed by atoms with van der Waals surface area (Å²) in [5, 5.41) is 12.7. The van der Waals surface area contributed by atoms with Crippen LogP contribution in [0.2, 0.25) is 0 Å². The smallest absolute Gasteiger partial charge is 0.161 e. The molecular formula is C32H39N3O6. The van der Waals surface area contributed by atoms with E-state index in [0.717, 1.165) is 59.9 Å². The second kappa shape index (κ2) is 12.6.